The van der Waals surface area contributed by atoms with E-state index >= 15 is 0 Å². The summed E-state index contributed by atoms with van der Waals surface area (Å²) in [5, 5.41) is 4.06. The average molecular weight is 389 g/mol. The van der Waals surface area contributed by atoms with Crippen molar-refractivity contribution in [3.8, 4) is 11.5 Å². The normalized spacial score (nSPS) is 19.9. The highest BCUT2D eigenvalue weighted by atomic mass is 35.5. The number of hydrogen-bond acceptors (Lipinski definition) is 6. The molecule has 0 radical (unpaired) electrons. The maximum Gasteiger partial charge on any atom is 0.135 e. The number of rotatable bonds is 7. The number of halogens is 1. The van der Waals surface area contributed by atoms with E-state index in [2.05, 4.69) is 32.3 Å². The number of nitrogens with one attached hydrogen (secondary N) is 1. The van der Waals surface area contributed by atoms with Crippen LogP contribution < -0.4 is 14.8 Å². The van der Waals surface area contributed by atoms with E-state index < -0.39 is 0 Å². The zero-order chi connectivity index (χ0) is 18.8. The van der Waals surface area contributed by atoms with Crippen molar-refractivity contribution in [1.29, 1.82) is 0 Å². The van der Waals surface area contributed by atoms with Crippen LogP contribution in [0.4, 0.5) is 5.82 Å². The van der Waals surface area contributed by atoms with E-state index in [-0.39, 0.29) is 0 Å². The number of anilines is 1. The molecule has 0 amide bonds. The Morgan fingerprint density at radius 3 is 2.48 bits per heavy atom. The van der Waals surface area contributed by atoms with Crippen LogP contribution in [0.15, 0.2) is 24.3 Å². The number of hydrogen-bond donors (Lipinski definition) is 1. The number of ether oxygens (including phenoxy) is 2. The predicted octanol–water partition coefficient (Wildman–Crippen LogP) is 3.71. The Hall–Kier alpha value is -2.05. The van der Waals surface area contributed by atoms with Gasteiger partial charge < -0.3 is 14.8 Å². The van der Waals surface area contributed by atoms with Crippen molar-refractivity contribution in [3.63, 3.8) is 0 Å². The number of benzene rings is 1. The standard InChI is InChI=1S/C20H25ClN4O2/c1-26-16-7-13(8-17(9-16)27-2)11-25-6-5-15(12-25)22-19-10-18(21)23-20(24-19)14-3-4-14/h7-10,14-15H,3-6,11-12H2,1-2H3,(H,22,23,24). The lowest BCUT2D eigenvalue weighted by Crippen LogP contribution is -2.26. The SMILES string of the molecule is COc1cc(CN2CCC(Nc3cc(Cl)nc(C4CC4)n3)C2)cc(OC)c1. The van der Waals surface area contributed by atoms with Crippen molar-refractivity contribution >= 4 is 17.4 Å². The third-order valence-electron chi connectivity index (χ3n) is 5.10. The van der Waals surface area contributed by atoms with Gasteiger partial charge in [0.15, 0.2) is 0 Å². The smallest absolute Gasteiger partial charge is 0.135 e. The second-order valence-electron chi connectivity index (χ2n) is 7.29. The van der Waals surface area contributed by atoms with Gasteiger partial charge in [-0.2, -0.15) is 0 Å². The molecule has 7 heteroatoms. The molecule has 2 aliphatic rings. The molecule has 1 unspecified atom stereocenters. The number of likely N-dealkylation sites (tertiary alicyclic amines) is 1. The number of methoxy groups -OCH3 is 2. The van der Waals surface area contributed by atoms with Crippen LogP contribution >= 0.6 is 11.6 Å². The summed E-state index contributed by atoms with van der Waals surface area (Å²) in [5.41, 5.74) is 1.19. The fraction of sp³-hybridized carbons (Fsp3) is 0.500. The molecule has 2 heterocycles. The van der Waals surface area contributed by atoms with Gasteiger partial charge in [-0.15, -0.1) is 0 Å². The summed E-state index contributed by atoms with van der Waals surface area (Å²) in [6.45, 7) is 2.86. The Labute approximate surface area is 164 Å². The van der Waals surface area contributed by atoms with Gasteiger partial charge in [0.2, 0.25) is 0 Å². The van der Waals surface area contributed by atoms with Crippen molar-refractivity contribution in [2.24, 2.45) is 0 Å². The molecular weight excluding hydrogens is 364 g/mol. The van der Waals surface area contributed by atoms with E-state index in [1.807, 2.05) is 12.1 Å². The van der Waals surface area contributed by atoms with Crippen LogP contribution in [0.2, 0.25) is 5.15 Å². The molecule has 1 aliphatic carbocycles. The first-order valence-corrected chi connectivity index (χ1v) is 9.76. The summed E-state index contributed by atoms with van der Waals surface area (Å²) in [6.07, 6.45) is 3.41. The summed E-state index contributed by atoms with van der Waals surface area (Å²) in [6, 6.07) is 8.21. The average Bonchev–Trinajstić information content (AvgIpc) is 3.43. The number of nitrogens with zero attached hydrogens (tertiary/aromatic N) is 3. The molecule has 1 aromatic heterocycles. The zero-order valence-electron chi connectivity index (χ0n) is 15.7. The highest BCUT2D eigenvalue weighted by molar-refractivity contribution is 6.29. The van der Waals surface area contributed by atoms with Gasteiger partial charge in [0.05, 0.1) is 14.2 Å². The van der Waals surface area contributed by atoms with E-state index in [4.69, 9.17) is 21.1 Å². The van der Waals surface area contributed by atoms with Crippen molar-refractivity contribution < 1.29 is 9.47 Å². The van der Waals surface area contributed by atoms with E-state index in [1.165, 1.54) is 18.4 Å². The second-order valence-corrected chi connectivity index (χ2v) is 7.68. The molecule has 1 saturated carbocycles. The summed E-state index contributed by atoms with van der Waals surface area (Å²) in [7, 11) is 3.36. The summed E-state index contributed by atoms with van der Waals surface area (Å²) in [5.74, 6) is 3.85. The predicted molar refractivity (Wildman–Crippen MR) is 106 cm³/mol. The summed E-state index contributed by atoms with van der Waals surface area (Å²) < 4.78 is 10.7. The molecule has 1 aliphatic heterocycles. The van der Waals surface area contributed by atoms with Crippen LogP contribution in [0.3, 0.4) is 0 Å². The minimum Gasteiger partial charge on any atom is -0.497 e. The van der Waals surface area contributed by atoms with Gasteiger partial charge in [0, 0.05) is 43.7 Å². The minimum absolute atomic E-state index is 0.357. The third-order valence-corrected chi connectivity index (χ3v) is 5.29. The Bertz CT molecular complexity index is 780. The van der Waals surface area contributed by atoms with Gasteiger partial charge in [-0.05, 0) is 37.0 Å². The van der Waals surface area contributed by atoms with Crippen molar-refractivity contribution in [2.45, 2.75) is 37.8 Å². The maximum atomic E-state index is 6.18. The van der Waals surface area contributed by atoms with Crippen molar-refractivity contribution in [2.75, 3.05) is 32.6 Å². The van der Waals surface area contributed by atoms with Gasteiger partial charge in [-0.1, -0.05) is 11.6 Å². The molecule has 4 rings (SSSR count). The van der Waals surface area contributed by atoms with Gasteiger partial charge >= 0.3 is 0 Å². The molecule has 0 spiro atoms. The second kappa shape index (κ2) is 7.90. The fourth-order valence-corrected chi connectivity index (χ4v) is 3.74. The van der Waals surface area contributed by atoms with Crippen LogP contribution in [-0.4, -0.2) is 48.2 Å². The lowest BCUT2D eigenvalue weighted by molar-refractivity contribution is 0.326. The Morgan fingerprint density at radius 2 is 1.81 bits per heavy atom. The zero-order valence-corrected chi connectivity index (χ0v) is 16.5. The molecule has 2 fully saturated rings. The molecule has 144 valence electrons. The molecular formula is C20H25ClN4O2. The van der Waals surface area contributed by atoms with E-state index in [0.29, 0.717) is 17.1 Å². The van der Waals surface area contributed by atoms with Gasteiger partial charge in [0.25, 0.3) is 0 Å². The molecule has 1 aromatic carbocycles. The molecule has 6 nitrogen and oxygen atoms in total. The van der Waals surface area contributed by atoms with Crippen LogP contribution in [0.25, 0.3) is 0 Å². The van der Waals surface area contributed by atoms with E-state index in [1.54, 1.807) is 14.2 Å². The van der Waals surface area contributed by atoms with E-state index in [9.17, 15) is 0 Å². The molecule has 1 saturated heterocycles. The minimum atomic E-state index is 0.357. The van der Waals surface area contributed by atoms with Gasteiger partial charge in [-0.25, -0.2) is 9.97 Å². The monoisotopic (exact) mass is 388 g/mol. The molecule has 2 aromatic rings. The Morgan fingerprint density at radius 1 is 1.07 bits per heavy atom. The Kier molecular flexibility index (Phi) is 5.36. The van der Waals surface area contributed by atoms with Crippen LogP contribution in [0, 0.1) is 0 Å². The third kappa shape index (κ3) is 4.62. The van der Waals surface area contributed by atoms with Crippen molar-refractivity contribution in [3.05, 3.63) is 40.8 Å². The first-order chi connectivity index (χ1) is 13.1. The quantitative estimate of drug-likeness (QED) is 0.729. The molecule has 27 heavy (non-hydrogen) atoms. The van der Waals surface area contributed by atoms with Crippen molar-refractivity contribution in [1.82, 2.24) is 14.9 Å². The Balaban J connectivity index is 1.38. The highest BCUT2D eigenvalue weighted by Crippen LogP contribution is 2.38. The van der Waals surface area contributed by atoms with Gasteiger partial charge in [0.1, 0.15) is 28.3 Å². The van der Waals surface area contributed by atoms with Gasteiger partial charge in [-0.3, -0.25) is 4.90 Å². The molecule has 0 bridgehead atoms. The van der Waals surface area contributed by atoms with Crippen LogP contribution in [0.5, 0.6) is 11.5 Å². The van der Waals surface area contributed by atoms with E-state index in [0.717, 1.165) is 49.2 Å². The molecule has 1 N–H and O–H groups in total. The fourth-order valence-electron chi connectivity index (χ4n) is 3.55. The maximum absolute atomic E-state index is 6.18. The largest absolute Gasteiger partial charge is 0.497 e. The number of aromatic nitrogens is 2. The first-order valence-electron chi connectivity index (χ1n) is 9.38. The summed E-state index contributed by atoms with van der Waals surface area (Å²) in [4.78, 5) is 11.4. The topological polar surface area (TPSA) is 59.5 Å². The van der Waals surface area contributed by atoms with Crippen LogP contribution in [0.1, 0.15) is 36.6 Å². The lowest BCUT2D eigenvalue weighted by atomic mass is 10.2. The molecule has 1 atom stereocenters. The highest BCUT2D eigenvalue weighted by Gasteiger charge is 2.28. The lowest BCUT2D eigenvalue weighted by Gasteiger charge is -2.18. The summed E-state index contributed by atoms with van der Waals surface area (Å²) >= 11 is 6.18. The first kappa shape index (κ1) is 18.3. The van der Waals surface area contributed by atoms with Crippen LogP contribution in [-0.2, 0) is 6.54 Å².